The van der Waals surface area contributed by atoms with Gasteiger partial charge in [-0.3, -0.25) is 19.4 Å². The number of rotatable bonds is 8. The molecule has 2 aliphatic rings. The number of aromatic nitrogens is 2. The number of alkyl halides is 3. The van der Waals surface area contributed by atoms with Gasteiger partial charge in [-0.2, -0.15) is 13.2 Å². The minimum Gasteiger partial charge on any atom is -0.496 e. The van der Waals surface area contributed by atoms with Crippen molar-refractivity contribution in [2.24, 2.45) is 0 Å². The second-order valence-electron chi connectivity index (χ2n) is 11.2. The van der Waals surface area contributed by atoms with E-state index >= 15 is 0 Å². The molecule has 3 N–H and O–H groups in total. The lowest BCUT2D eigenvalue weighted by molar-refractivity contribution is -0.149. The number of fused-ring (bicyclic) bond motifs is 1. The molecule has 1 saturated heterocycles. The summed E-state index contributed by atoms with van der Waals surface area (Å²) in [5.74, 6) is 0.708. The first kappa shape index (κ1) is 31.2. The van der Waals surface area contributed by atoms with Gasteiger partial charge in [0.1, 0.15) is 11.5 Å². The minimum atomic E-state index is -4.24. The lowest BCUT2D eigenvalue weighted by atomic mass is 9.99. The molecule has 236 valence electrons. The Morgan fingerprint density at radius 2 is 1.86 bits per heavy atom. The van der Waals surface area contributed by atoms with E-state index < -0.39 is 12.7 Å². The molecule has 0 aromatic carbocycles. The number of amides is 1. The number of piperazine rings is 1. The van der Waals surface area contributed by atoms with Crippen LogP contribution in [0.3, 0.4) is 0 Å². The number of nitrogens with zero attached hydrogens (tertiary/aromatic N) is 3. The maximum absolute atomic E-state index is 13.8. The van der Waals surface area contributed by atoms with E-state index in [0.717, 1.165) is 22.3 Å². The molecule has 5 heterocycles. The van der Waals surface area contributed by atoms with Gasteiger partial charge >= 0.3 is 6.18 Å². The molecule has 10 nitrogen and oxygen atoms in total. The van der Waals surface area contributed by atoms with Crippen molar-refractivity contribution in [1.29, 1.82) is 0 Å². The summed E-state index contributed by atoms with van der Waals surface area (Å²) in [4.78, 5) is 38.2. The maximum Gasteiger partial charge on any atom is 0.401 e. The van der Waals surface area contributed by atoms with Gasteiger partial charge in [-0.15, -0.1) is 0 Å². The number of H-pyrrole nitrogens is 1. The number of carbonyl (C=O) groups is 1. The highest BCUT2D eigenvalue weighted by molar-refractivity contribution is 5.98. The van der Waals surface area contributed by atoms with Gasteiger partial charge in [-0.25, -0.2) is 5.48 Å². The Morgan fingerprint density at radius 1 is 1.14 bits per heavy atom. The van der Waals surface area contributed by atoms with Crippen molar-refractivity contribution in [2.45, 2.75) is 46.5 Å². The number of aromatic amines is 1. The first-order valence-electron chi connectivity index (χ1n) is 14.4. The molecule has 2 aliphatic heterocycles. The van der Waals surface area contributed by atoms with Crippen LogP contribution in [0.5, 0.6) is 5.75 Å². The lowest BCUT2D eigenvalue weighted by Gasteiger charge is -2.39. The summed E-state index contributed by atoms with van der Waals surface area (Å²) in [6.07, 6.45) is 1.42. The van der Waals surface area contributed by atoms with E-state index in [0.29, 0.717) is 47.1 Å². The van der Waals surface area contributed by atoms with Gasteiger partial charge in [-0.1, -0.05) is 0 Å². The van der Waals surface area contributed by atoms with Crippen molar-refractivity contribution < 1.29 is 27.5 Å². The van der Waals surface area contributed by atoms with Crippen LogP contribution in [0.1, 0.15) is 58.3 Å². The van der Waals surface area contributed by atoms with Gasteiger partial charge in [0.15, 0.2) is 0 Å². The lowest BCUT2D eigenvalue weighted by Crippen LogP contribution is -2.49. The number of ether oxygens (including phenoxy) is 1. The molecular weight excluding hydrogens is 577 g/mol. The third-order valence-electron chi connectivity index (χ3n) is 8.22. The molecule has 0 spiro atoms. The van der Waals surface area contributed by atoms with Crippen LogP contribution >= 0.6 is 0 Å². The Balaban J connectivity index is 1.51. The number of hydrogen-bond donors (Lipinski definition) is 3. The van der Waals surface area contributed by atoms with Gasteiger partial charge in [0.05, 0.1) is 37.0 Å². The largest absolute Gasteiger partial charge is 0.496 e. The summed E-state index contributed by atoms with van der Waals surface area (Å²) in [6.45, 7) is 7.94. The molecular formula is C31H37F3N6O4. The third-order valence-corrected chi connectivity index (χ3v) is 8.22. The summed E-state index contributed by atoms with van der Waals surface area (Å²) >= 11 is 0. The predicted octanol–water partition coefficient (Wildman–Crippen LogP) is 4.20. The molecule has 13 heteroatoms. The second kappa shape index (κ2) is 12.4. The molecule has 5 rings (SSSR count). The van der Waals surface area contributed by atoms with Crippen molar-refractivity contribution in [1.82, 2.24) is 30.0 Å². The zero-order valence-corrected chi connectivity index (χ0v) is 25.4. The highest BCUT2D eigenvalue weighted by Gasteiger charge is 2.34. The highest BCUT2D eigenvalue weighted by atomic mass is 19.4. The van der Waals surface area contributed by atoms with Gasteiger partial charge in [-0.05, 0) is 63.6 Å². The average molecular weight is 615 g/mol. The Kier molecular flexibility index (Phi) is 8.80. The molecule has 3 aromatic rings. The van der Waals surface area contributed by atoms with Crippen LogP contribution < -0.4 is 21.1 Å². The van der Waals surface area contributed by atoms with Crippen molar-refractivity contribution >= 4 is 17.1 Å². The third kappa shape index (κ3) is 6.48. The number of methoxy groups -OCH3 is 1. The monoisotopic (exact) mass is 614 g/mol. The second-order valence-corrected chi connectivity index (χ2v) is 11.2. The van der Waals surface area contributed by atoms with Crippen molar-refractivity contribution in [3.05, 3.63) is 86.3 Å². The Labute approximate surface area is 253 Å². The molecule has 0 aliphatic carbocycles. The number of carbonyl (C=O) groups excluding carboxylic acids is 1. The quantitative estimate of drug-likeness (QED) is 0.350. The fourth-order valence-electron chi connectivity index (χ4n) is 5.93. The first-order chi connectivity index (χ1) is 20.9. The fraction of sp³-hybridized carbons (Fsp3) is 0.419. The van der Waals surface area contributed by atoms with Crippen LogP contribution in [-0.2, 0) is 11.4 Å². The fourth-order valence-corrected chi connectivity index (χ4v) is 5.93. The van der Waals surface area contributed by atoms with Crippen molar-refractivity contribution in [3.8, 4) is 5.75 Å². The molecule has 1 atom stereocenters. The summed E-state index contributed by atoms with van der Waals surface area (Å²) in [6, 6.07) is 5.22. The zero-order valence-electron chi connectivity index (χ0n) is 25.4. The topological polar surface area (TPSA) is 103 Å². The number of aryl methyl sites for hydroxylation is 1. The van der Waals surface area contributed by atoms with Crippen molar-refractivity contribution in [2.75, 3.05) is 39.8 Å². The van der Waals surface area contributed by atoms with Crippen LogP contribution in [0.15, 0.2) is 47.1 Å². The van der Waals surface area contributed by atoms with Gasteiger partial charge < -0.3 is 24.3 Å². The molecule has 0 radical (unpaired) electrons. The standard InChI is InChI=1S/C31H37F3N6O4/c1-18-14-27(43-5)24(30(42)36-18)16-35-29(41)23-15-26-22(25-7-6-19(2)44-37-25)8-9-40(26)28(20(23)3)21(4)39-12-10-38(11-13-39)17-31(32,33)34/h6-9,14-15,21,37H,10-13,16-17H2,1-5H3,(H,35,41)(H,36,42)/t21-/m0/s1. The van der Waals surface area contributed by atoms with E-state index in [1.165, 1.54) is 12.0 Å². The summed E-state index contributed by atoms with van der Waals surface area (Å²) in [5, 5.41) is 2.89. The van der Waals surface area contributed by atoms with Crippen LogP contribution in [0.25, 0.3) is 11.2 Å². The van der Waals surface area contributed by atoms with E-state index in [4.69, 9.17) is 9.57 Å². The smallest absolute Gasteiger partial charge is 0.401 e. The van der Waals surface area contributed by atoms with Crippen LogP contribution in [-0.4, -0.2) is 71.1 Å². The van der Waals surface area contributed by atoms with Crippen molar-refractivity contribution in [3.63, 3.8) is 0 Å². The number of nitrogens with one attached hydrogen (secondary N) is 3. The Hall–Kier alpha value is -4.23. The first-order valence-corrected chi connectivity index (χ1v) is 14.4. The highest BCUT2D eigenvalue weighted by Crippen LogP contribution is 2.33. The molecule has 0 unspecified atom stereocenters. The van der Waals surface area contributed by atoms with E-state index in [9.17, 15) is 22.8 Å². The summed E-state index contributed by atoms with van der Waals surface area (Å²) in [7, 11) is 1.47. The van der Waals surface area contributed by atoms with Gasteiger partial charge in [0.2, 0.25) is 0 Å². The number of halogens is 3. The maximum atomic E-state index is 13.8. The van der Waals surface area contributed by atoms with Gasteiger partial charge in [0.25, 0.3) is 11.5 Å². The molecule has 1 amide bonds. The minimum absolute atomic E-state index is 0.0488. The van der Waals surface area contributed by atoms with E-state index in [-0.39, 0.29) is 37.1 Å². The average Bonchev–Trinajstić information content (AvgIpc) is 3.39. The van der Waals surface area contributed by atoms with E-state index in [1.54, 1.807) is 13.0 Å². The number of allylic oxidation sites excluding steroid dienone is 3. The van der Waals surface area contributed by atoms with Crippen LogP contribution in [0.4, 0.5) is 13.2 Å². The Morgan fingerprint density at radius 3 is 2.50 bits per heavy atom. The number of hydrogen-bond acceptors (Lipinski definition) is 7. The van der Waals surface area contributed by atoms with Gasteiger partial charge in [0, 0.05) is 60.9 Å². The molecule has 0 saturated carbocycles. The summed E-state index contributed by atoms with van der Waals surface area (Å²) < 4.78 is 46.4. The van der Waals surface area contributed by atoms with E-state index in [2.05, 4.69) is 20.7 Å². The number of pyridine rings is 2. The molecule has 1 fully saturated rings. The molecule has 44 heavy (non-hydrogen) atoms. The zero-order chi connectivity index (χ0) is 31.8. The molecule has 0 bridgehead atoms. The van der Waals surface area contributed by atoms with Crippen LogP contribution in [0.2, 0.25) is 0 Å². The SMILES string of the molecule is COc1cc(C)[nH]c(=O)c1CNC(=O)c1cc2c(C3=CC=C(C)ON3)ccn2c([C@H](C)N2CCN(CC(F)(F)F)CC2)c1C. The number of hydroxylamine groups is 1. The summed E-state index contributed by atoms with van der Waals surface area (Å²) in [5.41, 5.74) is 7.81. The predicted molar refractivity (Wildman–Crippen MR) is 160 cm³/mol. The Bertz CT molecular complexity index is 1680. The normalized spacial score (nSPS) is 17.0. The van der Waals surface area contributed by atoms with Crippen LogP contribution in [0, 0.1) is 13.8 Å². The molecule has 3 aromatic heterocycles. The van der Waals surface area contributed by atoms with E-state index in [1.807, 2.05) is 55.7 Å².